The molecule has 0 aromatic heterocycles. The molecule has 0 spiro atoms. The topological polar surface area (TPSA) is 150 Å². The molecule has 0 aliphatic carbocycles. The summed E-state index contributed by atoms with van der Waals surface area (Å²) >= 11 is 0. The lowest BCUT2D eigenvalue weighted by Gasteiger charge is -2.45. The zero-order valence-corrected chi connectivity index (χ0v) is 38.3. The van der Waals surface area contributed by atoms with E-state index in [-0.39, 0.29) is 53.5 Å². The first kappa shape index (κ1) is 44.3. The van der Waals surface area contributed by atoms with E-state index >= 15 is 0 Å². The number of carbonyl (C=O) groups is 2. The third-order valence-electron chi connectivity index (χ3n) is 11.8. The van der Waals surface area contributed by atoms with E-state index in [4.69, 9.17) is 33.8 Å². The van der Waals surface area contributed by atoms with Gasteiger partial charge in [-0.25, -0.2) is 19.6 Å². The number of nitrogens with two attached hydrogens (primary N) is 1. The number of aliphatic imine (C=N–C) groups is 3. The monoisotopic (exact) mass is 899 g/mol. The minimum Gasteiger partial charge on any atom is -1.00 e. The van der Waals surface area contributed by atoms with Crippen LogP contribution in [0.5, 0.6) is 0 Å². The largest absolute Gasteiger partial charge is 1.00 e. The van der Waals surface area contributed by atoms with E-state index in [1.807, 2.05) is 35.2 Å². The number of likely N-dealkylation sites (N-methyl/N-ethyl adjacent to an activating group) is 1. The number of esters is 1. The number of carbonyl (C=O) groups excluding carboxylic acids is 2. The standard InChI is InChI=1S/C37H62N7O7Si2.HI/c1-36(2,3)52(9,10)50-29-27(20-44(7,8)19-18-26-34(45)48-24-43(26)35(46)47-21-25-16-14-13-15-17-25)49-33(30(29)51-53(11,12)37(4,5)6)42-23-41-28-31(38)39-22-40-32(28)42;/h13-17,22-23,26-30,32-33H,18-21,24H2,1-12H3,(H2,38,39,40);1H/q+1;/p-1/t26-,27+,28?,29+,30+,32?,33+;/m0./s1. The summed E-state index contributed by atoms with van der Waals surface area (Å²) in [5.41, 5.74) is 7.14. The van der Waals surface area contributed by atoms with E-state index in [1.54, 1.807) is 6.34 Å². The number of ether oxygens (including phenoxy) is 3. The maximum absolute atomic E-state index is 13.1. The van der Waals surface area contributed by atoms with Gasteiger partial charge in [0.05, 0.1) is 27.0 Å². The molecule has 17 heteroatoms. The van der Waals surface area contributed by atoms with Crippen LogP contribution in [-0.2, 0) is 34.5 Å². The summed E-state index contributed by atoms with van der Waals surface area (Å²) in [5.74, 6) is -0.0185. The van der Waals surface area contributed by atoms with E-state index in [0.717, 1.165) is 5.56 Å². The van der Waals surface area contributed by atoms with Crippen LogP contribution in [0.2, 0.25) is 36.3 Å². The Morgan fingerprint density at radius 3 is 2.20 bits per heavy atom. The third kappa shape index (κ3) is 9.74. The minimum absolute atomic E-state index is 0. The number of benzene rings is 1. The number of fused-ring (bicyclic) bond motifs is 1. The minimum atomic E-state index is -2.37. The van der Waals surface area contributed by atoms with Crippen molar-refractivity contribution in [3.8, 4) is 0 Å². The quantitative estimate of drug-likeness (QED) is 0.144. The van der Waals surface area contributed by atoms with Crippen LogP contribution >= 0.6 is 0 Å². The molecule has 2 saturated heterocycles. The molecule has 2 N–H and O–H groups in total. The summed E-state index contributed by atoms with van der Waals surface area (Å²) in [6.07, 6.45) is 0.886. The first-order chi connectivity index (χ1) is 24.5. The Balaban J connectivity index is 0.00000650. The molecule has 7 atom stereocenters. The molecule has 302 valence electrons. The number of hydrogen-bond donors (Lipinski definition) is 1. The van der Waals surface area contributed by atoms with Crippen molar-refractivity contribution < 1.29 is 61.1 Å². The van der Waals surface area contributed by atoms with Crippen molar-refractivity contribution in [3.63, 3.8) is 0 Å². The number of amides is 1. The van der Waals surface area contributed by atoms with Gasteiger partial charge in [0, 0.05) is 6.42 Å². The molecule has 1 aromatic rings. The average molecular weight is 900 g/mol. The highest BCUT2D eigenvalue weighted by Crippen LogP contribution is 2.45. The van der Waals surface area contributed by atoms with Gasteiger partial charge in [0.25, 0.3) is 0 Å². The summed E-state index contributed by atoms with van der Waals surface area (Å²) in [7, 11) is -0.508. The summed E-state index contributed by atoms with van der Waals surface area (Å²) < 4.78 is 33.2. The first-order valence-corrected chi connectivity index (χ1v) is 24.5. The van der Waals surface area contributed by atoms with Crippen LogP contribution in [0.1, 0.15) is 53.5 Å². The van der Waals surface area contributed by atoms with Crippen molar-refractivity contribution in [2.24, 2.45) is 20.7 Å². The summed E-state index contributed by atoms with van der Waals surface area (Å²) in [5, 5.41) is -0.139. The van der Waals surface area contributed by atoms with Crippen molar-refractivity contribution in [3.05, 3.63) is 35.9 Å². The number of halogens is 1. The zero-order valence-electron chi connectivity index (χ0n) is 34.1. The second-order valence-electron chi connectivity index (χ2n) is 18.4. The van der Waals surface area contributed by atoms with Crippen LogP contribution in [0.25, 0.3) is 0 Å². The van der Waals surface area contributed by atoms with E-state index in [9.17, 15) is 9.59 Å². The Labute approximate surface area is 340 Å². The van der Waals surface area contributed by atoms with Gasteiger partial charge in [-0.3, -0.25) is 9.89 Å². The Bertz CT molecular complexity index is 1580. The number of amidine groups is 1. The van der Waals surface area contributed by atoms with Gasteiger partial charge >= 0.3 is 12.1 Å². The van der Waals surface area contributed by atoms with Crippen LogP contribution in [0, 0.1) is 0 Å². The fourth-order valence-corrected chi connectivity index (χ4v) is 9.06. The predicted octanol–water partition coefficient (Wildman–Crippen LogP) is 1.92. The average Bonchev–Trinajstić information content (AvgIpc) is 3.74. The van der Waals surface area contributed by atoms with Crippen LogP contribution in [-0.4, -0.2) is 138 Å². The fourth-order valence-electron chi connectivity index (χ4n) is 6.46. The van der Waals surface area contributed by atoms with Gasteiger partial charge in [0.2, 0.25) is 0 Å². The van der Waals surface area contributed by atoms with Gasteiger partial charge in [-0.15, -0.1) is 0 Å². The second kappa shape index (κ2) is 16.6. The SMILES string of the molecule is CC(C)(C)[Si](C)(C)O[C@@H]1[C@H](O[Si](C)(C)C(C)(C)C)[C@@H](C[N+](C)(C)CC[C@H]2C(=O)OCN2C(=O)OCc2ccccc2)O[C@H]1N1C=NC2C(N)=NC=NC21.[I-]. The van der Waals surface area contributed by atoms with Crippen molar-refractivity contribution in [2.75, 3.05) is 33.9 Å². The van der Waals surface area contributed by atoms with Crippen LogP contribution in [0.15, 0.2) is 45.3 Å². The molecule has 1 aromatic carbocycles. The molecular formula is C37H62IN7O7Si2. The highest BCUT2D eigenvalue weighted by atomic mass is 127. The Kier molecular flexibility index (Phi) is 13.6. The molecule has 0 radical (unpaired) electrons. The number of hydrogen-bond acceptors (Lipinski definition) is 12. The van der Waals surface area contributed by atoms with Crippen LogP contribution < -0.4 is 29.7 Å². The smallest absolute Gasteiger partial charge is 0.413 e. The molecule has 2 fully saturated rings. The predicted molar refractivity (Wildman–Crippen MR) is 210 cm³/mol. The van der Waals surface area contributed by atoms with Crippen molar-refractivity contribution in [2.45, 2.75) is 134 Å². The summed E-state index contributed by atoms with van der Waals surface area (Å²) in [6, 6.07) is 8.29. The first-order valence-electron chi connectivity index (χ1n) is 18.6. The lowest BCUT2D eigenvalue weighted by molar-refractivity contribution is -0.894. The number of nitrogens with zero attached hydrogens (tertiary/aromatic N) is 6. The third-order valence-corrected chi connectivity index (χ3v) is 20.8. The van der Waals surface area contributed by atoms with E-state index in [1.165, 1.54) is 11.2 Å². The highest BCUT2D eigenvalue weighted by Gasteiger charge is 2.58. The fraction of sp³-hybridized carbons (Fsp3) is 0.703. The second-order valence-corrected chi connectivity index (χ2v) is 27.9. The van der Waals surface area contributed by atoms with Gasteiger partial charge in [0.15, 0.2) is 35.8 Å². The maximum atomic E-state index is 13.1. The van der Waals surface area contributed by atoms with Gasteiger partial charge in [-0.05, 0) is 41.8 Å². The van der Waals surface area contributed by atoms with E-state index in [2.05, 4.69) is 91.8 Å². The Hall–Kier alpha value is -2.43. The maximum Gasteiger partial charge on any atom is 0.413 e. The van der Waals surface area contributed by atoms with Gasteiger partial charge < -0.3 is 62.2 Å². The molecule has 54 heavy (non-hydrogen) atoms. The van der Waals surface area contributed by atoms with Crippen molar-refractivity contribution in [1.82, 2.24) is 9.80 Å². The lowest BCUT2D eigenvalue weighted by atomic mass is 10.1. The number of quaternary nitrogens is 1. The number of cyclic esters (lactones) is 1. The van der Waals surface area contributed by atoms with E-state index in [0.29, 0.717) is 29.8 Å². The molecule has 0 saturated carbocycles. The van der Waals surface area contributed by atoms with Crippen LogP contribution in [0.4, 0.5) is 4.79 Å². The molecule has 4 aliphatic rings. The van der Waals surface area contributed by atoms with Gasteiger partial charge in [0.1, 0.15) is 55.7 Å². The molecule has 2 unspecified atom stereocenters. The molecule has 5 rings (SSSR count). The van der Waals surface area contributed by atoms with Crippen molar-refractivity contribution in [1.29, 1.82) is 0 Å². The molecule has 0 bridgehead atoms. The lowest BCUT2D eigenvalue weighted by Crippen LogP contribution is -3.00. The normalized spacial score (nSPS) is 27.4. The van der Waals surface area contributed by atoms with Crippen LogP contribution in [0.3, 0.4) is 0 Å². The van der Waals surface area contributed by atoms with E-state index < -0.39 is 65.4 Å². The molecule has 14 nitrogen and oxygen atoms in total. The highest BCUT2D eigenvalue weighted by molar-refractivity contribution is 6.74. The molecule has 4 aliphatic heterocycles. The van der Waals surface area contributed by atoms with Crippen molar-refractivity contribution >= 4 is 47.2 Å². The summed E-state index contributed by atoms with van der Waals surface area (Å²) in [6.45, 7) is 23.5. The summed E-state index contributed by atoms with van der Waals surface area (Å²) in [4.78, 5) is 43.0. The Morgan fingerprint density at radius 2 is 1.59 bits per heavy atom. The van der Waals surface area contributed by atoms with Gasteiger partial charge in [-0.2, -0.15) is 0 Å². The molecule has 1 amide bonds. The molecular weight excluding hydrogens is 838 g/mol. The molecule has 4 heterocycles. The number of rotatable bonds is 12. The Morgan fingerprint density at radius 1 is 0.981 bits per heavy atom. The zero-order chi connectivity index (χ0) is 39.1. The van der Waals surface area contributed by atoms with Gasteiger partial charge in [-0.1, -0.05) is 71.9 Å².